The van der Waals surface area contributed by atoms with Crippen LogP contribution in [0.25, 0.3) is 11.5 Å². The Morgan fingerprint density at radius 2 is 1.85 bits per heavy atom. The van der Waals surface area contributed by atoms with Gasteiger partial charge in [0.25, 0.3) is 21.6 Å². The predicted octanol–water partition coefficient (Wildman–Crippen LogP) is 2.96. The number of furan rings is 1. The van der Waals surface area contributed by atoms with E-state index in [2.05, 4.69) is 14.9 Å². The van der Waals surface area contributed by atoms with Gasteiger partial charge in [-0.25, -0.2) is 13.1 Å². The molecule has 0 bridgehead atoms. The van der Waals surface area contributed by atoms with Gasteiger partial charge in [-0.3, -0.25) is 10.1 Å². The molecule has 3 aromatic rings. The second kappa shape index (κ2) is 6.26. The molecule has 1 aromatic carbocycles. The van der Waals surface area contributed by atoms with Gasteiger partial charge in [-0.05, 0) is 38.5 Å². The van der Waals surface area contributed by atoms with E-state index < -0.39 is 14.9 Å². The highest BCUT2D eigenvalue weighted by atomic mass is 32.2. The average Bonchev–Trinajstić information content (AvgIpc) is 3.12. The van der Waals surface area contributed by atoms with Gasteiger partial charge >= 0.3 is 6.01 Å². The van der Waals surface area contributed by atoms with Crippen molar-refractivity contribution in [3.05, 3.63) is 51.5 Å². The maximum Gasteiger partial charge on any atom is 0.330 e. The number of aromatic nitrogens is 2. The fraction of sp³-hybridized carbons (Fsp3) is 0.200. The summed E-state index contributed by atoms with van der Waals surface area (Å²) in [5.74, 6) is 1.32. The Hall–Kier alpha value is -3.21. The van der Waals surface area contributed by atoms with Crippen LogP contribution in [-0.2, 0) is 10.0 Å². The van der Waals surface area contributed by atoms with E-state index in [4.69, 9.17) is 8.83 Å². The molecule has 10 nitrogen and oxygen atoms in total. The minimum Gasteiger partial charge on any atom is -0.466 e. The lowest BCUT2D eigenvalue weighted by atomic mass is 10.2. The first-order valence-electron chi connectivity index (χ1n) is 7.36. The highest BCUT2D eigenvalue weighted by Gasteiger charge is 2.23. The molecule has 0 atom stereocenters. The molecule has 0 aliphatic rings. The van der Waals surface area contributed by atoms with Crippen molar-refractivity contribution in [1.29, 1.82) is 0 Å². The van der Waals surface area contributed by atoms with Crippen LogP contribution in [-0.4, -0.2) is 23.5 Å². The smallest absolute Gasteiger partial charge is 0.330 e. The summed E-state index contributed by atoms with van der Waals surface area (Å²) in [6.07, 6.45) is 0. The van der Waals surface area contributed by atoms with Gasteiger partial charge in [-0.1, -0.05) is 5.10 Å². The lowest BCUT2D eigenvalue weighted by Gasteiger charge is -2.07. The summed E-state index contributed by atoms with van der Waals surface area (Å²) in [4.78, 5) is 10.0. The van der Waals surface area contributed by atoms with E-state index in [9.17, 15) is 18.5 Å². The van der Waals surface area contributed by atoms with E-state index in [1.807, 2.05) is 0 Å². The van der Waals surface area contributed by atoms with Crippen LogP contribution < -0.4 is 4.72 Å². The van der Waals surface area contributed by atoms with Crippen molar-refractivity contribution in [3.63, 3.8) is 0 Å². The summed E-state index contributed by atoms with van der Waals surface area (Å²) in [5.41, 5.74) is 0.576. The second-order valence-electron chi connectivity index (χ2n) is 5.55. The number of nitro benzene ring substituents is 1. The first-order valence-corrected chi connectivity index (χ1v) is 8.84. The van der Waals surface area contributed by atoms with Crippen LogP contribution in [0.1, 0.15) is 17.1 Å². The molecule has 0 saturated carbocycles. The number of nitro groups is 1. The summed E-state index contributed by atoms with van der Waals surface area (Å²) in [7, 11) is -4.05. The van der Waals surface area contributed by atoms with Crippen molar-refractivity contribution in [2.24, 2.45) is 0 Å². The maximum atomic E-state index is 12.5. The predicted molar refractivity (Wildman–Crippen MR) is 90.1 cm³/mol. The number of rotatable bonds is 5. The fourth-order valence-corrected chi connectivity index (χ4v) is 3.59. The van der Waals surface area contributed by atoms with Gasteiger partial charge < -0.3 is 8.83 Å². The molecular weight excluding hydrogens is 364 g/mol. The van der Waals surface area contributed by atoms with E-state index in [-0.39, 0.29) is 28.1 Å². The molecule has 0 radical (unpaired) electrons. The molecular formula is C15H14N4O6S. The van der Waals surface area contributed by atoms with Crippen LogP contribution in [0.5, 0.6) is 0 Å². The Balaban J connectivity index is 1.89. The van der Waals surface area contributed by atoms with Crippen LogP contribution in [0.4, 0.5) is 11.7 Å². The molecule has 0 saturated heterocycles. The van der Waals surface area contributed by atoms with E-state index in [0.29, 0.717) is 17.1 Å². The van der Waals surface area contributed by atoms with Crippen molar-refractivity contribution in [2.45, 2.75) is 25.7 Å². The number of non-ortho nitro benzene ring substituents is 1. The van der Waals surface area contributed by atoms with Crippen molar-refractivity contribution in [1.82, 2.24) is 10.2 Å². The molecule has 0 spiro atoms. The lowest BCUT2D eigenvalue weighted by molar-refractivity contribution is -0.385. The molecule has 136 valence electrons. The lowest BCUT2D eigenvalue weighted by Crippen LogP contribution is -2.14. The van der Waals surface area contributed by atoms with Gasteiger partial charge in [0.15, 0.2) is 0 Å². The number of aryl methyl sites for hydroxylation is 3. The van der Waals surface area contributed by atoms with Crippen molar-refractivity contribution in [2.75, 3.05) is 4.72 Å². The highest BCUT2D eigenvalue weighted by Crippen LogP contribution is 2.28. The number of nitrogens with one attached hydrogen (secondary N) is 1. The van der Waals surface area contributed by atoms with Gasteiger partial charge in [0.1, 0.15) is 11.5 Å². The van der Waals surface area contributed by atoms with E-state index in [1.54, 1.807) is 19.9 Å². The molecule has 1 N–H and O–H groups in total. The molecule has 0 unspecified atom stereocenters. The van der Waals surface area contributed by atoms with Crippen LogP contribution in [0.2, 0.25) is 0 Å². The third-order valence-electron chi connectivity index (χ3n) is 3.58. The summed E-state index contributed by atoms with van der Waals surface area (Å²) < 4.78 is 37.9. The topological polar surface area (TPSA) is 141 Å². The minimum absolute atomic E-state index is 0.109. The number of sulfonamides is 1. The zero-order valence-electron chi connectivity index (χ0n) is 14.0. The van der Waals surface area contributed by atoms with Gasteiger partial charge in [-0.15, -0.1) is 5.10 Å². The van der Waals surface area contributed by atoms with Crippen molar-refractivity contribution >= 4 is 21.7 Å². The van der Waals surface area contributed by atoms with Gasteiger partial charge in [0.05, 0.1) is 15.4 Å². The highest BCUT2D eigenvalue weighted by molar-refractivity contribution is 7.92. The molecule has 2 heterocycles. The zero-order chi connectivity index (χ0) is 19.1. The third-order valence-corrected chi connectivity index (χ3v) is 5.06. The Morgan fingerprint density at radius 3 is 2.42 bits per heavy atom. The first kappa shape index (κ1) is 17.6. The minimum atomic E-state index is -4.05. The van der Waals surface area contributed by atoms with E-state index in [0.717, 1.165) is 12.1 Å². The van der Waals surface area contributed by atoms with Crippen LogP contribution >= 0.6 is 0 Å². The molecule has 3 rings (SSSR count). The van der Waals surface area contributed by atoms with E-state index in [1.165, 1.54) is 13.0 Å². The molecule has 2 aromatic heterocycles. The third kappa shape index (κ3) is 3.28. The molecule has 11 heteroatoms. The van der Waals surface area contributed by atoms with Crippen molar-refractivity contribution in [3.8, 4) is 11.5 Å². The second-order valence-corrected chi connectivity index (χ2v) is 7.20. The molecule has 0 aliphatic heterocycles. The Labute approximate surface area is 148 Å². The summed E-state index contributed by atoms with van der Waals surface area (Å²) in [5, 5.41) is 18.2. The van der Waals surface area contributed by atoms with Gasteiger partial charge in [0.2, 0.25) is 0 Å². The summed E-state index contributed by atoms with van der Waals surface area (Å²) in [6.45, 7) is 4.93. The molecule has 0 amide bonds. The van der Waals surface area contributed by atoms with E-state index >= 15 is 0 Å². The SMILES string of the molecule is Cc1cc(-c2nnc(NS(=O)(=O)c3ccc([N+](=O)[O-])cc3C)o2)c(C)o1. The number of hydrogen-bond donors (Lipinski definition) is 1. The first-order chi connectivity index (χ1) is 12.2. The van der Waals surface area contributed by atoms with Gasteiger partial charge in [0, 0.05) is 12.1 Å². The Bertz CT molecular complexity index is 1100. The van der Waals surface area contributed by atoms with Crippen LogP contribution in [0, 0.1) is 30.9 Å². The number of benzene rings is 1. The van der Waals surface area contributed by atoms with Crippen LogP contribution in [0.3, 0.4) is 0 Å². The van der Waals surface area contributed by atoms with Crippen molar-refractivity contribution < 1.29 is 22.2 Å². The van der Waals surface area contributed by atoms with Gasteiger partial charge in [-0.2, -0.15) is 0 Å². The summed E-state index contributed by atoms with van der Waals surface area (Å²) in [6, 6.07) is 4.80. The maximum absolute atomic E-state index is 12.5. The number of hydrogen-bond acceptors (Lipinski definition) is 8. The average molecular weight is 378 g/mol. The number of anilines is 1. The molecule has 0 fully saturated rings. The fourth-order valence-electron chi connectivity index (χ4n) is 2.44. The van der Waals surface area contributed by atoms with Crippen LogP contribution in [0.15, 0.2) is 38.0 Å². The standard InChI is InChI=1S/C15H14N4O6S/c1-8-6-11(19(20)21)4-5-13(8)26(22,23)18-15-17-16-14(25-15)12-7-9(2)24-10(12)3/h4-7H,1-3H3,(H,17,18). The Kier molecular flexibility index (Phi) is 4.24. The monoisotopic (exact) mass is 378 g/mol. The summed E-state index contributed by atoms with van der Waals surface area (Å²) >= 11 is 0. The number of nitrogens with zero attached hydrogens (tertiary/aromatic N) is 3. The largest absolute Gasteiger partial charge is 0.466 e. The quantitative estimate of drug-likeness (QED) is 0.527. The normalized spacial score (nSPS) is 11.5. The zero-order valence-corrected chi connectivity index (χ0v) is 14.8. The molecule has 26 heavy (non-hydrogen) atoms. The Morgan fingerprint density at radius 1 is 1.12 bits per heavy atom. The molecule has 0 aliphatic carbocycles.